The van der Waals surface area contributed by atoms with E-state index in [1.807, 2.05) is 0 Å². The summed E-state index contributed by atoms with van der Waals surface area (Å²) >= 11 is 12.0. The first-order valence-corrected chi connectivity index (χ1v) is 9.72. The molecular formula is C17H20Cl2F3N5O. The molecule has 6 nitrogen and oxygen atoms in total. The Kier molecular flexibility index (Phi) is 6.24. The molecule has 0 atom stereocenters. The second kappa shape index (κ2) is 8.32. The lowest BCUT2D eigenvalue weighted by Gasteiger charge is -2.08. The third kappa shape index (κ3) is 5.00. The maximum Gasteiger partial charge on any atom is 0.435 e. The largest absolute Gasteiger partial charge is 0.435 e. The summed E-state index contributed by atoms with van der Waals surface area (Å²) in [6.45, 7) is 2.76. The van der Waals surface area contributed by atoms with Crippen molar-refractivity contribution in [3.05, 3.63) is 33.3 Å². The van der Waals surface area contributed by atoms with Crippen molar-refractivity contribution in [2.45, 2.75) is 57.8 Å². The lowest BCUT2D eigenvalue weighted by atomic mass is 10.2. The first kappa shape index (κ1) is 21.0. The van der Waals surface area contributed by atoms with Gasteiger partial charge in [0.1, 0.15) is 10.2 Å². The molecule has 1 fully saturated rings. The van der Waals surface area contributed by atoms with Gasteiger partial charge in [0.25, 0.3) is 0 Å². The Bertz CT molecular complexity index is 858. The average molecular weight is 438 g/mol. The topological polar surface area (TPSA) is 64.7 Å². The van der Waals surface area contributed by atoms with Gasteiger partial charge < -0.3 is 5.32 Å². The highest BCUT2D eigenvalue weighted by atomic mass is 35.5. The number of alkyl halides is 3. The number of halogens is 5. The molecule has 28 heavy (non-hydrogen) atoms. The summed E-state index contributed by atoms with van der Waals surface area (Å²) in [6, 6.07) is 1.09. The number of carbonyl (C=O) groups is 1. The van der Waals surface area contributed by atoms with Crippen LogP contribution in [0.15, 0.2) is 6.07 Å². The fraction of sp³-hybridized carbons (Fsp3) is 0.588. The van der Waals surface area contributed by atoms with Crippen LogP contribution < -0.4 is 5.32 Å². The fourth-order valence-electron chi connectivity index (χ4n) is 2.89. The van der Waals surface area contributed by atoms with Gasteiger partial charge in [-0.1, -0.05) is 23.2 Å². The quantitative estimate of drug-likeness (QED) is 0.629. The Morgan fingerprint density at radius 2 is 1.96 bits per heavy atom. The molecule has 0 aliphatic heterocycles. The van der Waals surface area contributed by atoms with E-state index in [0.717, 1.165) is 18.9 Å². The molecule has 3 rings (SSSR count). The highest BCUT2D eigenvalue weighted by molar-refractivity contribution is 6.41. The molecule has 2 aromatic rings. The van der Waals surface area contributed by atoms with E-state index in [9.17, 15) is 18.0 Å². The zero-order chi connectivity index (χ0) is 20.5. The number of hydrogen-bond acceptors (Lipinski definition) is 3. The van der Waals surface area contributed by atoms with Crippen molar-refractivity contribution < 1.29 is 18.0 Å². The van der Waals surface area contributed by atoms with Crippen molar-refractivity contribution in [1.29, 1.82) is 0 Å². The second-order valence-electron chi connectivity index (χ2n) is 6.82. The summed E-state index contributed by atoms with van der Waals surface area (Å²) < 4.78 is 41.5. The normalized spacial score (nSPS) is 14.5. The molecule has 2 heterocycles. The van der Waals surface area contributed by atoms with Crippen molar-refractivity contribution in [3.63, 3.8) is 0 Å². The van der Waals surface area contributed by atoms with Crippen LogP contribution in [-0.2, 0) is 24.1 Å². The summed E-state index contributed by atoms with van der Waals surface area (Å²) in [5.41, 5.74) is 0.292. The summed E-state index contributed by atoms with van der Waals surface area (Å²) in [5.74, 6) is -0.132. The van der Waals surface area contributed by atoms with E-state index in [4.69, 9.17) is 23.2 Å². The number of aryl methyl sites for hydroxylation is 3. The number of amides is 1. The monoisotopic (exact) mass is 437 g/mol. The van der Waals surface area contributed by atoms with Crippen LogP contribution in [-0.4, -0.2) is 32.0 Å². The second-order valence-corrected chi connectivity index (χ2v) is 7.55. The Morgan fingerprint density at radius 3 is 2.54 bits per heavy atom. The van der Waals surface area contributed by atoms with Gasteiger partial charge >= 0.3 is 6.18 Å². The Balaban J connectivity index is 1.45. The van der Waals surface area contributed by atoms with E-state index in [1.165, 1.54) is 4.68 Å². The molecule has 0 aromatic carbocycles. The molecule has 154 valence electrons. The zero-order valence-corrected chi connectivity index (χ0v) is 16.7. The molecule has 2 aromatic heterocycles. The Labute approximate surface area is 170 Å². The van der Waals surface area contributed by atoms with Crippen LogP contribution in [0.4, 0.5) is 13.2 Å². The SMILES string of the molecule is Cc1nn(CCCNC(=O)CCn2nc(C(F)(F)F)cc2C2CC2)c(Cl)c1Cl. The molecule has 1 aliphatic carbocycles. The maximum absolute atomic E-state index is 12.9. The third-order valence-corrected chi connectivity index (χ3v) is 5.45. The van der Waals surface area contributed by atoms with Crippen LogP contribution in [0.1, 0.15) is 48.7 Å². The van der Waals surface area contributed by atoms with E-state index in [-0.39, 0.29) is 24.8 Å². The zero-order valence-electron chi connectivity index (χ0n) is 15.2. The predicted molar refractivity (Wildman–Crippen MR) is 98.4 cm³/mol. The van der Waals surface area contributed by atoms with Gasteiger partial charge in [0.05, 0.1) is 5.69 Å². The van der Waals surface area contributed by atoms with Crippen LogP contribution in [0.5, 0.6) is 0 Å². The van der Waals surface area contributed by atoms with Crippen LogP contribution in [0.2, 0.25) is 10.2 Å². The molecule has 0 bridgehead atoms. The summed E-state index contributed by atoms with van der Waals surface area (Å²) in [5, 5.41) is 11.4. The number of hydrogen-bond donors (Lipinski definition) is 1. The minimum Gasteiger partial charge on any atom is -0.356 e. The van der Waals surface area contributed by atoms with Crippen LogP contribution >= 0.6 is 23.2 Å². The minimum absolute atomic E-state index is 0.0617. The number of aromatic nitrogens is 4. The van der Waals surface area contributed by atoms with E-state index in [2.05, 4.69) is 15.5 Å². The van der Waals surface area contributed by atoms with Crippen molar-refractivity contribution in [1.82, 2.24) is 24.9 Å². The highest BCUT2D eigenvalue weighted by Gasteiger charge is 2.37. The Morgan fingerprint density at radius 1 is 1.25 bits per heavy atom. The van der Waals surface area contributed by atoms with Crippen molar-refractivity contribution >= 4 is 29.1 Å². The molecule has 0 spiro atoms. The average Bonchev–Trinajstić information content (AvgIpc) is 3.33. The molecule has 0 saturated heterocycles. The summed E-state index contributed by atoms with van der Waals surface area (Å²) in [6.07, 6.45) is -2.11. The molecule has 1 saturated carbocycles. The number of nitrogens with zero attached hydrogens (tertiary/aromatic N) is 4. The third-order valence-electron chi connectivity index (χ3n) is 4.51. The standard InChI is InChI=1S/C17H20Cl2F3N5O/c1-10-15(18)16(19)27(24-10)7-2-6-23-14(28)5-8-26-12(11-3-4-11)9-13(25-26)17(20,21)22/h9,11H,2-8H2,1H3,(H,23,28). The van der Waals surface area contributed by atoms with Gasteiger partial charge in [-0.25, -0.2) is 0 Å². The molecule has 0 radical (unpaired) electrons. The van der Waals surface area contributed by atoms with E-state index < -0.39 is 11.9 Å². The smallest absolute Gasteiger partial charge is 0.356 e. The van der Waals surface area contributed by atoms with Crippen molar-refractivity contribution in [2.75, 3.05) is 6.54 Å². The van der Waals surface area contributed by atoms with Crippen molar-refractivity contribution in [2.24, 2.45) is 0 Å². The summed E-state index contributed by atoms with van der Waals surface area (Å²) in [7, 11) is 0. The first-order valence-electron chi connectivity index (χ1n) is 8.97. The van der Waals surface area contributed by atoms with Gasteiger partial charge in [-0.05, 0) is 32.3 Å². The van der Waals surface area contributed by atoms with Crippen LogP contribution in [0, 0.1) is 6.92 Å². The minimum atomic E-state index is -4.48. The van der Waals surface area contributed by atoms with Crippen LogP contribution in [0.3, 0.4) is 0 Å². The number of carbonyl (C=O) groups excluding carboxylic acids is 1. The molecule has 1 N–H and O–H groups in total. The van der Waals surface area contributed by atoms with E-state index in [0.29, 0.717) is 41.1 Å². The summed E-state index contributed by atoms with van der Waals surface area (Å²) in [4.78, 5) is 12.0. The maximum atomic E-state index is 12.9. The fourth-order valence-corrected chi connectivity index (χ4v) is 3.28. The lowest BCUT2D eigenvalue weighted by Crippen LogP contribution is -2.26. The van der Waals surface area contributed by atoms with E-state index >= 15 is 0 Å². The molecule has 1 amide bonds. The molecule has 11 heteroatoms. The van der Waals surface area contributed by atoms with E-state index in [1.54, 1.807) is 11.6 Å². The van der Waals surface area contributed by atoms with Gasteiger partial charge in [0, 0.05) is 37.7 Å². The van der Waals surface area contributed by atoms with Gasteiger partial charge in [-0.2, -0.15) is 23.4 Å². The molecule has 0 unspecified atom stereocenters. The number of nitrogens with one attached hydrogen (secondary N) is 1. The van der Waals surface area contributed by atoms with Gasteiger partial charge in [-0.15, -0.1) is 0 Å². The Hall–Kier alpha value is -1.74. The van der Waals surface area contributed by atoms with Gasteiger partial charge in [0.2, 0.25) is 5.91 Å². The van der Waals surface area contributed by atoms with Crippen LogP contribution in [0.25, 0.3) is 0 Å². The van der Waals surface area contributed by atoms with Gasteiger partial charge in [-0.3, -0.25) is 14.2 Å². The molecule has 1 aliphatic rings. The van der Waals surface area contributed by atoms with Crippen molar-refractivity contribution in [3.8, 4) is 0 Å². The predicted octanol–water partition coefficient (Wildman–Crippen LogP) is 4.19. The highest BCUT2D eigenvalue weighted by Crippen LogP contribution is 2.42. The molecular weight excluding hydrogens is 418 g/mol. The van der Waals surface area contributed by atoms with Gasteiger partial charge in [0.15, 0.2) is 5.69 Å². The first-order chi connectivity index (χ1) is 13.2. The number of rotatable bonds is 8. The lowest BCUT2D eigenvalue weighted by molar-refractivity contribution is -0.141.